The van der Waals surface area contributed by atoms with Crippen LogP contribution in [0.3, 0.4) is 0 Å². The van der Waals surface area contributed by atoms with E-state index in [1.165, 1.54) is 36.4 Å². The third-order valence-corrected chi connectivity index (χ3v) is 8.25. The van der Waals surface area contributed by atoms with Crippen LogP contribution in [-0.2, 0) is 19.8 Å². The molecule has 3 aromatic heterocycles. The van der Waals surface area contributed by atoms with Crippen LogP contribution in [0.4, 0.5) is 5.69 Å². The number of carbonyl (C=O) groups is 1. The summed E-state index contributed by atoms with van der Waals surface area (Å²) in [5.41, 5.74) is 1.70. The summed E-state index contributed by atoms with van der Waals surface area (Å²) in [6.07, 6.45) is 5.30. The van der Waals surface area contributed by atoms with E-state index in [1.807, 2.05) is 0 Å². The molecule has 0 N–H and O–H groups in total. The SMILES string of the molecule is O=C(Oc1ccc([N+](=O)[O-])cc1)c1cc(OCc2c[n]([Tl])nn2)c(OCc2c[n]([Tl])nn2)c(OCc2c[n]([Tl])nn2)c1. The Bertz CT molecular complexity index is 1660. The van der Waals surface area contributed by atoms with E-state index in [2.05, 4.69) is 30.9 Å². The molecule has 0 saturated heterocycles. The van der Waals surface area contributed by atoms with Gasteiger partial charge in [-0.05, 0) is 0 Å². The predicted octanol–water partition coefficient (Wildman–Crippen LogP) is 0.120. The third-order valence-electron chi connectivity index (χ3n) is 5.30. The number of hydrogen-bond donors (Lipinski definition) is 0. The van der Waals surface area contributed by atoms with Crippen molar-refractivity contribution >= 4 is 89.9 Å². The first kappa shape index (κ1) is 30.4. The molecule has 42 heavy (non-hydrogen) atoms. The molecule has 204 valence electrons. The summed E-state index contributed by atoms with van der Waals surface area (Å²) in [6.45, 7) is 0.135. The normalized spacial score (nSPS) is 10.7. The van der Waals surface area contributed by atoms with Crippen molar-refractivity contribution in [2.45, 2.75) is 19.8 Å². The average Bonchev–Trinajstić information content (AvgIpc) is 3.70. The molecule has 5 aromatic rings. The van der Waals surface area contributed by atoms with Gasteiger partial charge in [-0.2, -0.15) is 0 Å². The van der Waals surface area contributed by atoms with E-state index in [-0.39, 0.29) is 54.1 Å². The number of esters is 1. The Kier molecular flexibility index (Phi) is 10.1. The van der Waals surface area contributed by atoms with Crippen LogP contribution in [0.2, 0.25) is 0 Å². The van der Waals surface area contributed by atoms with Gasteiger partial charge >= 0.3 is 255 Å². The van der Waals surface area contributed by atoms with Crippen LogP contribution in [0.5, 0.6) is 23.0 Å². The van der Waals surface area contributed by atoms with Gasteiger partial charge in [0, 0.05) is 12.1 Å². The van der Waals surface area contributed by atoms with E-state index in [0.29, 0.717) is 95.3 Å². The number of rotatable bonds is 12. The molecular weight excluding hydrogens is 1130 g/mol. The van der Waals surface area contributed by atoms with Crippen LogP contribution in [0.1, 0.15) is 27.4 Å². The van der Waals surface area contributed by atoms with Gasteiger partial charge in [0.2, 0.25) is 0 Å². The summed E-state index contributed by atoms with van der Waals surface area (Å²) < 4.78 is 28.8. The summed E-state index contributed by atoms with van der Waals surface area (Å²) in [5, 5.41) is 35.2. The quantitative estimate of drug-likeness (QED) is 0.0540. The molecule has 0 fully saturated rings. The molecule has 0 radical (unpaired) electrons. The summed E-state index contributed by atoms with van der Waals surface area (Å²) in [6, 6.07) is 8.08. The molecule has 2 aromatic carbocycles. The number of ether oxygens (including phenoxy) is 4. The number of non-ortho nitro benzene ring substituents is 1. The Morgan fingerprint density at radius 3 is 1.62 bits per heavy atom. The fourth-order valence-corrected chi connectivity index (χ4v) is 6.05. The van der Waals surface area contributed by atoms with E-state index in [0.717, 1.165) is 0 Å². The number of benzene rings is 2. The number of nitro benzene ring substituents is 1. The van der Waals surface area contributed by atoms with E-state index in [4.69, 9.17) is 18.9 Å². The Balaban J connectivity index is 1.48. The maximum atomic E-state index is 13.2. The Labute approximate surface area is 284 Å². The van der Waals surface area contributed by atoms with Gasteiger partial charge in [-0.15, -0.1) is 0 Å². The van der Waals surface area contributed by atoms with Crippen molar-refractivity contribution < 1.29 is 28.7 Å². The third kappa shape index (κ3) is 8.04. The van der Waals surface area contributed by atoms with E-state index < -0.39 is 10.9 Å². The molecule has 17 nitrogen and oxygen atoms in total. The molecule has 0 atom stereocenters. The van der Waals surface area contributed by atoms with Gasteiger partial charge in [0.25, 0.3) is 5.69 Å². The summed E-state index contributed by atoms with van der Waals surface area (Å²) in [5.74, 6) is -0.0452. The zero-order chi connectivity index (χ0) is 29.6. The van der Waals surface area contributed by atoms with Crippen molar-refractivity contribution in [1.29, 1.82) is 0 Å². The first-order valence-electron chi connectivity index (χ1n) is 11.8. The van der Waals surface area contributed by atoms with Crippen LogP contribution in [0.25, 0.3) is 0 Å². The Hall–Kier alpha value is -3.10. The van der Waals surface area contributed by atoms with Gasteiger partial charge in [-0.1, -0.05) is 0 Å². The zero-order valence-corrected chi connectivity index (χ0v) is 34.8. The molecule has 5 rings (SSSR count). The fraction of sp³-hybridized carbons (Fsp3) is 0.136. The maximum absolute atomic E-state index is 13.2. The fourth-order valence-electron chi connectivity index (χ4n) is 3.44. The van der Waals surface area contributed by atoms with Crippen molar-refractivity contribution in [3.8, 4) is 23.0 Å². The second-order valence-electron chi connectivity index (χ2n) is 8.38. The molecule has 0 aliphatic heterocycles. The van der Waals surface area contributed by atoms with Crippen molar-refractivity contribution in [2.75, 3.05) is 0 Å². The van der Waals surface area contributed by atoms with Gasteiger partial charge in [-0.25, -0.2) is 0 Å². The molecule has 0 unspecified atom stereocenters. The van der Waals surface area contributed by atoms with E-state index >= 15 is 0 Å². The second kappa shape index (κ2) is 13.9. The van der Waals surface area contributed by atoms with Crippen molar-refractivity contribution in [3.05, 3.63) is 87.7 Å². The molecule has 0 spiro atoms. The van der Waals surface area contributed by atoms with Gasteiger partial charge in [-0.3, -0.25) is 10.1 Å². The molecular formula is C22H15N10O7Tl3. The number of nitro groups is 1. The van der Waals surface area contributed by atoms with Gasteiger partial charge in [0.05, 0.1) is 4.92 Å². The van der Waals surface area contributed by atoms with Crippen molar-refractivity contribution in [2.24, 2.45) is 0 Å². The summed E-state index contributed by atoms with van der Waals surface area (Å²) in [4.78, 5) is 23.7. The number of nitrogens with zero attached hydrogens (tertiary/aromatic N) is 10. The summed E-state index contributed by atoms with van der Waals surface area (Å²) >= 11 is 1.32. The first-order valence-corrected chi connectivity index (χ1v) is 17.8. The monoisotopic (exact) mass is 1150 g/mol. The van der Waals surface area contributed by atoms with Crippen LogP contribution < -0.4 is 18.9 Å². The van der Waals surface area contributed by atoms with Crippen LogP contribution in [0, 0.1) is 10.1 Å². The minimum atomic E-state index is -0.747. The van der Waals surface area contributed by atoms with Crippen LogP contribution in [0.15, 0.2) is 55.0 Å². The number of hydrogen-bond acceptors (Lipinski definition) is 13. The first-order chi connectivity index (χ1) is 20.2. The van der Waals surface area contributed by atoms with Crippen LogP contribution >= 0.6 is 0 Å². The number of aromatic nitrogens is 9. The van der Waals surface area contributed by atoms with Gasteiger partial charge in [0.1, 0.15) is 0 Å². The summed E-state index contributed by atoms with van der Waals surface area (Å²) in [7, 11) is 0. The van der Waals surface area contributed by atoms with Crippen molar-refractivity contribution in [3.63, 3.8) is 0 Å². The molecule has 20 heteroatoms. The predicted molar refractivity (Wildman–Crippen MR) is 141 cm³/mol. The van der Waals surface area contributed by atoms with Crippen LogP contribution in [-0.4, -0.2) is 127 Å². The van der Waals surface area contributed by atoms with E-state index in [9.17, 15) is 14.9 Å². The average molecular weight is 1140 g/mol. The van der Waals surface area contributed by atoms with Crippen molar-refractivity contribution in [1.82, 2.24) is 38.4 Å². The van der Waals surface area contributed by atoms with Gasteiger partial charge in [0.15, 0.2) is 0 Å². The standard InChI is InChI=1S/C22H15N10O7.3Tl/c33-22(39-18-3-1-17(2-4-18)32(34)35)13-5-19(36-10-14-7-23-29-26-14)21(38-12-16-9-25-31-28-16)20(6-13)37-11-15-8-24-30-27-15;;;/h1-9H,10-12H2;;;/q-3;3*+1. The Morgan fingerprint density at radius 2 is 1.21 bits per heavy atom. The molecule has 0 aliphatic rings. The molecule has 0 bridgehead atoms. The Morgan fingerprint density at radius 1 is 0.762 bits per heavy atom. The zero-order valence-electron chi connectivity index (χ0n) is 21.4. The molecule has 0 aliphatic carbocycles. The van der Waals surface area contributed by atoms with E-state index in [1.54, 1.807) is 26.1 Å². The molecule has 0 amide bonds. The van der Waals surface area contributed by atoms with Gasteiger partial charge < -0.3 is 0 Å². The second-order valence-corrected chi connectivity index (χ2v) is 14.5. The molecule has 3 heterocycles. The minimum absolute atomic E-state index is 0.0386. The number of carbonyl (C=O) groups excluding carboxylic acids is 1. The molecule has 0 saturated carbocycles. The topological polar surface area (TPSA) is 189 Å².